The van der Waals surface area contributed by atoms with Gasteiger partial charge in [0.25, 0.3) is 0 Å². The molecule has 1 heterocycles. The molecule has 0 bridgehead atoms. The summed E-state index contributed by atoms with van der Waals surface area (Å²) >= 11 is 0. The van der Waals surface area contributed by atoms with Crippen molar-refractivity contribution in [3.63, 3.8) is 0 Å². The van der Waals surface area contributed by atoms with Crippen LogP contribution in [-0.2, 0) is 11.2 Å². The van der Waals surface area contributed by atoms with E-state index in [1.54, 1.807) is 12.4 Å². The summed E-state index contributed by atoms with van der Waals surface area (Å²) in [5, 5.41) is 0. The van der Waals surface area contributed by atoms with Crippen LogP contribution in [0, 0.1) is 11.8 Å². The fraction of sp³-hybridized carbons (Fsp3) is 0.450. The molecular weight excluding hydrogens is 300 g/mol. The maximum Gasteiger partial charge on any atom is 0.314 e. The van der Waals surface area contributed by atoms with Gasteiger partial charge in [-0.05, 0) is 43.6 Å². The van der Waals surface area contributed by atoms with Gasteiger partial charge >= 0.3 is 5.97 Å². The molecular formula is C20H24N2O2. The van der Waals surface area contributed by atoms with Crippen molar-refractivity contribution in [3.8, 4) is 17.1 Å². The number of aryl methyl sites for hydroxylation is 1. The van der Waals surface area contributed by atoms with Crippen LogP contribution >= 0.6 is 0 Å². The Morgan fingerprint density at radius 2 is 1.71 bits per heavy atom. The van der Waals surface area contributed by atoms with Gasteiger partial charge in [-0.25, -0.2) is 9.97 Å². The van der Waals surface area contributed by atoms with E-state index in [0.29, 0.717) is 11.6 Å². The van der Waals surface area contributed by atoms with Crippen LogP contribution in [-0.4, -0.2) is 15.9 Å². The largest absolute Gasteiger partial charge is 0.423 e. The molecule has 24 heavy (non-hydrogen) atoms. The quantitative estimate of drug-likeness (QED) is 0.780. The smallest absolute Gasteiger partial charge is 0.314 e. The predicted octanol–water partition coefficient (Wildman–Crippen LogP) is 4.44. The van der Waals surface area contributed by atoms with E-state index in [1.165, 1.54) is 5.56 Å². The van der Waals surface area contributed by atoms with E-state index in [-0.39, 0.29) is 11.9 Å². The summed E-state index contributed by atoms with van der Waals surface area (Å²) in [7, 11) is 0. The Morgan fingerprint density at radius 1 is 1.08 bits per heavy atom. The molecule has 2 aromatic rings. The average molecular weight is 324 g/mol. The van der Waals surface area contributed by atoms with Crippen LogP contribution in [0.4, 0.5) is 0 Å². The first kappa shape index (κ1) is 16.6. The lowest BCUT2D eigenvalue weighted by atomic mass is 9.83. The summed E-state index contributed by atoms with van der Waals surface area (Å²) in [6.45, 7) is 4.36. The Morgan fingerprint density at radius 3 is 2.29 bits per heavy atom. The molecule has 3 rings (SSSR count). The molecule has 0 unspecified atom stereocenters. The van der Waals surface area contributed by atoms with Crippen molar-refractivity contribution in [2.45, 2.75) is 46.0 Å². The maximum absolute atomic E-state index is 12.2. The molecule has 126 valence electrons. The molecule has 1 aromatic carbocycles. The third-order valence-corrected chi connectivity index (χ3v) is 4.82. The summed E-state index contributed by atoms with van der Waals surface area (Å²) in [6, 6.07) is 8.19. The first-order valence-corrected chi connectivity index (χ1v) is 8.78. The number of benzene rings is 1. The third kappa shape index (κ3) is 3.99. The van der Waals surface area contributed by atoms with Crippen molar-refractivity contribution >= 4 is 5.97 Å². The SMILES string of the molecule is CCc1ccc(-c2ncc(OC(=O)C3CCC(C)CC3)cn2)cc1. The number of carbonyl (C=O) groups is 1. The molecule has 4 nitrogen and oxygen atoms in total. The highest BCUT2D eigenvalue weighted by atomic mass is 16.5. The highest BCUT2D eigenvalue weighted by Gasteiger charge is 2.26. The van der Waals surface area contributed by atoms with E-state index < -0.39 is 0 Å². The molecule has 1 fully saturated rings. The summed E-state index contributed by atoms with van der Waals surface area (Å²) < 4.78 is 5.45. The molecule has 1 aromatic heterocycles. The number of ether oxygens (including phenoxy) is 1. The van der Waals surface area contributed by atoms with Crippen molar-refractivity contribution in [2.75, 3.05) is 0 Å². The van der Waals surface area contributed by atoms with E-state index in [2.05, 4.69) is 35.9 Å². The van der Waals surface area contributed by atoms with Crippen LogP contribution in [0.1, 0.15) is 45.1 Å². The van der Waals surface area contributed by atoms with Gasteiger partial charge in [-0.15, -0.1) is 0 Å². The summed E-state index contributed by atoms with van der Waals surface area (Å²) in [5.74, 6) is 1.65. The van der Waals surface area contributed by atoms with E-state index in [0.717, 1.165) is 43.6 Å². The average Bonchev–Trinajstić information content (AvgIpc) is 2.63. The van der Waals surface area contributed by atoms with Crippen molar-refractivity contribution in [3.05, 3.63) is 42.2 Å². The Hall–Kier alpha value is -2.23. The van der Waals surface area contributed by atoms with Gasteiger partial charge in [0.05, 0.1) is 18.3 Å². The normalized spacial score (nSPS) is 20.6. The van der Waals surface area contributed by atoms with E-state index in [1.807, 2.05) is 12.1 Å². The molecule has 1 aliphatic carbocycles. The number of nitrogens with zero attached hydrogens (tertiary/aromatic N) is 2. The topological polar surface area (TPSA) is 52.1 Å². The summed E-state index contributed by atoms with van der Waals surface area (Å²) in [5.41, 5.74) is 2.25. The molecule has 0 saturated heterocycles. The summed E-state index contributed by atoms with van der Waals surface area (Å²) in [6.07, 6.45) is 8.21. The predicted molar refractivity (Wildman–Crippen MR) is 93.6 cm³/mol. The number of hydrogen-bond acceptors (Lipinski definition) is 4. The fourth-order valence-corrected chi connectivity index (χ4v) is 3.10. The lowest BCUT2D eigenvalue weighted by molar-refractivity contribution is -0.140. The monoisotopic (exact) mass is 324 g/mol. The minimum Gasteiger partial charge on any atom is -0.423 e. The lowest BCUT2D eigenvalue weighted by Crippen LogP contribution is -2.25. The molecule has 0 aliphatic heterocycles. The first-order valence-electron chi connectivity index (χ1n) is 8.78. The van der Waals surface area contributed by atoms with Crippen molar-refractivity contribution in [1.29, 1.82) is 0 Å². The standard InChI is InChI=1S/C20H24N2O2/c1-3-15-6-10-16(11-7-15)19-21-12-18(13-22-19)24-20(23)17-8-4-14(2)5-9-17/h6-7,10-14,17H,3-5,8-9H2,1-2H3. The Balaban J connectivity index is 1.62. The second kappa shape index (κ2) is 7.56. The fourth-order valence-electron chi connectivity index (χ4n) is 3.10. The van der Waals surface area contributed by atoms with Gasteiger partial charge in [0.2, 0.25) is 0 Å². The van der Waals surface area contributed by atoms with Gasteiger partial charge in [-0.3, -0.25) is 4.79 Å². The van der Waals surface area contributed by atoms with Crippen LogP contribution in [0.25, 0.3) is 11.4 Å². The van der Waals surface area contributed by atoms with Gasteiger partial charge in [0.1, 0.15) is 0 Å². The molecule has 1 saturated carbocycles. The molecule has 0 spiro atoms. The van der Waals surface area contributed by atoms with Crippen LogP contribution in [0.2, 0.25) is 0 Å². The van der Waals surface area contributed by atoms with E-state index in [4.69, 9.17) is 4.74 Å². The second-order valence-corrected chi connectivity index (χ2v) is 6.67. The minimum atomic E-state index is -0.148. The van der Waals surface area contributed by atoms with E-state index >= 15 is 0 Å². The Bertz CT molecular complexity index is 672. The molecule has 0 N–H and O–H groups in total. The van der Waals surface area contributed by atoms with Gasteiger partial charge in [0.15, 0.2) is 11.6 Å². The Kier molecular flexibility index (Phi) is 5.24. The van der Waals surface area contributed by atoms with Crippen molar-refractivity contribution in [1.82, 2.24) is 9.97 Å². The number of rotatable bonds is 4. The van der Waals surface area contributed by atoms with Gasteiger partial charge in [-0.2, -0.15) is 0 Å². The van der Waals surface area contributed by atoms with Gasteiger partial charge < -0.3 is 4.74 Å². The molecule has 4 heteroatoms. The molecule has 0 amide bonds. The lowest BCUT2D eigenvalue weighted by Gasteiger charge is -2.24. The van der Waals surface area contributed by atoms with Crippen LogP contribution < -0.4 is 4.74 Å². The zero-order valence-electron chi connectivity index (χ0n) is 14.4. The number of carbonyl (C=O) groups excluding carboxylic acids is 1. The van der Waals surface area contributed by atoms with Crippen LogP contribution in [0.3, 0.4) is 0 Å². The van der Waals surface area contributed by atoms with Gasteiger partial charge in [-0.1, -0.05) is 38.1 Å². The third-order valence-electron chi connectivity index (χ3n) is 4.82. The van der Waals surface area contributed by atoms with Gasteiger partial charge in [0, 0.05) is 5.56 Å². The summed E-state index contributed by atoms with van der Waals surface area (Å²) in [4.78, 5) is 20.9. The van der Waals surface area contributed by atoms with Crippen LogP contribution in [0.15, 0.2) is 36.7 Å². The van der Waals surface area contributed by atoms with E-state index in [9.17, 15) is 4.79 Å². The molecule has 1 aliphatic rings. The maximum atomic E-state index is 12.2. The van der Waals surface area contributed by atoms with Crippen molar-refractivity contribution < 1.29 is 9.53 Å². The first-order chi connectivity index (χ1) is 11.7. The minimum absolute atomic E-state index is 0.0162. The number of aromatic nitrogens is 2. The zero-order valence-corrected chi connectivity index (χ0v) is 14.4. The highest BCUT2D eigenvalue weighted by molar-refractivity contribution is 5.75. The second-order valence-electron chi connectivity index (χ2n) is 6.67. The number of esters is 1. The molecule has 0 radical (unpaired) electrons. The highest BCUT2D eigenvalue weighted by Crippen LogP contribution is 2.29. The Labute approximate surface area is 143 Å². The van der Waals surface area contributed by atoms with Crippen molar-refractivity contribution in [2.24, 2.45) is 11.8 Å². The zero-order chi connectivity index (χ0) is 16.9. The molecule has 0 atom stereocenters. The number of hydrogen-bond donors (Lipinski definition) is 0. The van der Waals surface area contributed by atoms with Crippen LogP contribution in [0.5, 0.6) is 5.75 Å².